The van der Waals surface area contributed by atoms with Crippen LogP contribution in [-0.2, 0) is 5.60 Å². The summed E-state index contributed by atoms with van der Waals surface area (Å²) in [5.41, 5.74) is 1.43. The number of aliphatic hydroxyl groups is 1. The zero-order valence-electron chi connectivity index (χ0n) is 11.6. The van der Waals surface area contributed by atoms with Crippen molar-refractivity contribution in [3.8, 4) is 0 Å². The van der Waals surface area contributed by atoms with Crippen LogP contribution < -0.4 is 0 Å². The lowest BCUT2D eigenvalue weighted by Crippen LogP contribution is -2.34. The van der Waals surface area contributed by atoms with Crippen molar-refractivity contribution in [3.05, 3.63) is 40.9 Å². The maximum Gasteiger partial charge on any atom is 0.135 e. The van der Waals surface area contributed by atoms with Gasteiger partial charge in [-0.2, -0.15) is 0 Å². The second-order valence-corrected chi connectivity index (χ2v) is 7.45. The fraction of sp³-hybridized carbons (Fsp3) is 0.438. The molecule has 0 amide bonds. The van der Waals surface area contributed by atoms with Crippen LogP contribution in [0.4, 0.5) is 0 Å². The maximum atomic E-state index is 11.0. The molecule has 2 nitrogen and oxygen atoms in total. The summed E-state index contributed by atoms with van der Waals surface area (Å²) in [5.74, 6) is 0. The van der Waals surface area contributed by atoms with Crippen LogP contribution in [0, 0.1) is 5.41 Å². The topological polar surface area (TPSA) is 33.1 Å². The Morgan fingerprint density at radius 2 is 2.00 bits per heavy atom. The summed E-state index contributed by atoms with van der Waals surface area (Å²) < 4.78 is 1.14. The lowest BCUT2D eigenvalue weighted by atomic mass is 9.71. The van der Waals surface area contributed by atoms with Gasteiger partial charge in [-0.15, -0.1) is 11.3 Å². The summed E-state index contributed by atoms with van der Waals surface area (Å²) >= 11 is 1.60. The molecule has 0 bridgehead atoms. The van der Waals surface area contributed by atoms with Gasteiger partial charge in [-0.05, 0) is 43.4 Å². The molecule has 0 spiro atoms. The molecule has 1 atom stereocenters. The van der Waals surface area contributed by atoms with Gasteiger partial charge in [0, 0.05) is 0 Å². The minimum Gasteiger partial charge on any atom is -0.378 e. The quantitative estimate of drug-likeness (QED) is 0.788. The maximum absolute atomic E-state index is 11.0. The molecular formula is C16H19NOS. The Kier molecular flexibility index (Phi) is 2.80. The highest BCUT2D eigenvalue weighted by molar-refractivity contribution is 7.18. The molecule has 1 aromatic heterocycles. The summed E-state index contributed by atoms with van der Waals surface area (Å²) in [5, 5.41) is 11.8. The number of rotatable bonds is 1. The summed E-state index contributed by atoms with van der Waals surface area (Å²) in [6, 6.07) is 8.07. The van der Waals surface area contributed by atoms with Crippen molar-refractivity contribution in [2.24, 2.45) is 5.41 Å². The molecule has 100 valence electrons. The summed E-state index contributed by atoms with van der Waals surface area (Å²) in [6.07, 6.45) is 3.77. The van der Waals surface area contributed by atoms with Crippen molar-refractivity contribution in [2.45, 2.75) is 39.2 Å². The van der Waals surface area contributed by atoms with Crippen LogP contribution in [0.15, 0.2) is 35.9 Å². The fourth-order valence-corrected chi connectivity index (χ4v) is 4.28. The van der Waals surface area contributed by atoms with E-state index < -0.39 is 5.60 Å². The van der Waals surface area contributed by atoms with E-state index in [4.69, 9.17) is 0 Å². The lowest BCUT2D eigenvalue weighted by molar-refractivity contribution is 0.0277. The molecule has 1 heterocycles. The Morgan fingerprint density at radius 3 is 2.68 bits per heavy atom. The number of benzene rings is 1. The monoisotopic (exact) mass is 273 g/mol. The van der Waals surface area contributed by atoms with Crippen LogP contribution in [-0.4, -0.2) is 10.1 Å². The number of hydrogen-bond acceptors (Lipinski definition) is 3. The second-order valence-electron chi connectivity index (χ2n) is 6.42. The van der Waals surface area contributed by atoms with Gasteiger partial charge in [0.2, 0.25) is 0 Å². The Hall–Kier alpha value is -1.19. The van der Waals surface area contributed by atoms with E-state index in [2.05, 4.69) is 31.8 Å². The average Bonchev–Trinajstić information content (AvgIpc) is 2.69. The van der Waals surface area contributed by atoms with Crippen molar-refractivity contribution < 1.29 is 5.11 Å². The molecule has 0 saturated carbocycles. The van der Waals surface area contributed by atoms with Crippen molar-refractivity contribution in [3.63, 3.8) is 0 Å². The first-order valence-electron chi connectivity index (χ1n) is 6.65. The molecule has 0 aliphatic heterocycles. The smallest absolute Gasteiger partial charge is 0.135 e. The second kappa shape index (κ2) is 4.15. The van der Waals surface area contributed by atoms with Crippen LogP contribution in [0.25, 0.3) is 10.2 Å². The molecule has 0 radical (unpaired) electrons. The van der Waals surface area contributed by atoms with E-state index in [9.17, 15) is 5.11 Å². The van der Waals surface area contributed by atoms with E-state index in [-0.39, 0.29) is 5.41 Å². The highest BCUT2D eigenvalue weighted by atomic mass is 32.1. The van der Waals surface area contributed by atoms with E-state index >= 15 is 0 Å². The SMILES string of the molecule is CC1=CC(O)(c2nc3ccccc3s2)CC(C)(C)C1. The summed E-state index contributed by atoms with van der Waals surface area (Å²) in [4.78, 5) is 4.63. The van der Waals surface area contributed by atoms with Gasteiger partial charge in [0.15, 0.2) is 0 Å². The van der Waals surface area contributed by atoms with Gasteiger partial charge in [-0.1, -0.05) is 31.6 Å². The molecule has 1 unspecified atom stereocenters. The molecule has 1 aromatic carbocycles. The number of fused-ring (bicyclic) bond motifs is 1. The van der Waals surface area contributed by atoms with Crippen LogP contribution in [0.5, 0.6) is 0 Å². The minimum atomic E-state index is -0.907. The predicted octanol–water partition coefficient (Wildman–Crippen LogP) is 4.25. The third-order valence-corrected chi connectivity index (χ3v) is 4.86. The van der Waals surface area contributed by atoms with Gasteiger partial charge < -0.3 is 5.11 Å². The van der Waals surface area contributed by atoms with Crippen LogP contribution >= 0.6 is 11.3 Å². The van der Waals surface area contributed by atoms with Crippen molar-refractivity contribution in [2.75, 3.05) is 0 Å². The minimum absolute atomic E-state index is 0.117. The zero-order chi connectivity index (χ0) is 13.7. The average molecular weight is 273 g/mol. The van der Waals surface area contributed by atoms with E-state index in [0.717, 1.165) is 28.1 Å². The largest absolute Gasteiger partial charge is 0.378 e. The van der Waals surface area contributed by atoms with Crippen molar-refractivity contribution in [1.82, 2.24) is 4.98 Å². The zero-order valence-corrected chi connectivity index (χ0v) is 12.4. The van der Waals surface area contributed by atoms with E-state index in [1.54, 1.807) is 11.3 Å². The van der Waals surface area contributed by atoms with Crippen LogP contribution in [0.1, 0.15) is 38.6 Å². The number of hydrogen-bond donors (Lipinski definition) is 1. The first-order valence-corrected chi connectivity index (χ1v) is 7.46. The highest BCUT2D eigenvalue weighted by Gasteiger charge is 2.40. The van der Waals surface area contributed by atoms with Gasteiger partial charge in [0.25, 0.3) is 0 Å². The van der Waals surface area contributed by atoms with Gasteiger partial charge in [-0.25, -0.2) is 4.98 Å². The molecule has 0 saturated heterocycles. The van der Waals surface area contributed by atoms with Crippen LogP contribution in [0.2, 0.25) is 0 Å². The van der Waals surface area contributed by atoms with Gasteiger partial charge in [-0.3, -0.25) is 0 Å². The van der Waals surface area contributed by atoms with E-state index in [1.807, 2.05) is 24.3 Å². The Labute approximate surface area is 117 Å². The Balaban J connectivity index is 2.11. The molecule has 1 N–H and O–H groups in total. The number of allylic oxidation sites excluding steroid dienone is 1. The molecule has 2 aromatic rings. The van der Waals surface area contributed by atoms with Crippen LogP contribution in [0.3, 0.4) is 0 Å². The van der Waals surface area contributed by atoms with Crippen molar-refractivity contribution >= 4 is 21.6 Å². The normalized spacial score (nSPS) is 26.4. The summed E-state index contributed by atoms with van der Waals surface area (Å²) in [6.45, 7) is 6.52. The van der Waals surface area contributed by atoms with E-state index in [1.165, 1.54) is 5.57 Å². The van der Waals surface area contributed by atoms with Gasteiger partial charge >= 0.3 is 0 Å². The van der Waals surface area contributed by atoms with Gasteiger partial charge in [0.1, 0.15) is 10.6 Å². The molecule has 3 rings (SSSR count). The Morgan fingerprint density at radius 1 is 1.26 bits per heavy atom. The number of thiazole rings is 1. The molecule has 19 heavy (non-hydrogen) atoms. The fourth-order valence-electron chi connectivity index (χ4n) is 3.25. The predicted molar refractivity (Wildman–Crippen MR) is 80.3 cm³/mol. The highest BCUT2D eigenvalue weighted by Crippen LogP contribution is 2.46. The molecule has 1 aliphatic carbocycles. The third kappa shape index (κ3) is 2.33. The lowest BCUT2D eigenvalue weighted by Gasteiger charge is -2.38. The number of para-hydroxylation sites is 1. The Bertz CT molecular complexity index is 623. The first-order chi connectivity index (χ1) is 8.88. The van der Waals surface area contributed by atoms with Crippen molar-refractivity contribution in [1.29, 1.82) is 0 Å². The molecule has 1 aliphatic rings. The third-order valence-electron chi connectivity index (χ3n) is 3.65. The summed E-state index contributed by atoms with van der Waals surface area (Å²) in [7, 11) is 0. The number of aromatic nitrogens is 1. The number of nitrogens with zero attached hydrogens (tertiary/aromatic N) is 1. The molecule has 3 heteroatoms. The molecular weight excluding hydrogens is 254 g/mol. The first kappa shape index (κ1) is 12.8. The standard InChI is InChI=1S/C16H19NOS/c1-11-8-15(2,3)10-16(18,9-11)14-17-12-6-4-5-7-13(12)19-14/h4-7,9,18H,8,10H2,1-3H3. The van der Waals surface area contributed by atoms with E-state index in [0.29, 0.717) is 0 Å². The molecule has 0 fully saturated rings. The van der Waals surface area contributed by atoms with Gasteiger partial charge in [0.05, 0.1) is 10.2 Å².